The molecule has 0 radical (unpaired) electrons. The number of aliphatic hydroxyl groups is 1. The van der Waals surface area contributed by atoms with Crippen LogP contribution in [0.5, 0.6) is 0 Å². The van der Waals surface area contributed by atoms with Gasteiger partial charge in [0, 0.05) is 0 Å². The highest BCUT2D eigenvalue weighted by Gasteiger charge is 2.29. The van der Waals surface area contributed by atoms with Crippen LogP contribution < -0.4 is 0 Å². The van der Waals surface area contributed by atoms with E-state index in [1.165, 1.54) is 19.9 Å². The lowest BCUT2D eigenvalue weighted by Crippen LogP contribution is -2.34. The molecular formula is C7H12O3. The summed E-state index contributed by atoms with van der Waals surface area (Å²) < 4.78 is 0. The predicted octanol–water partition coefficient (Wildman–Crippen LogP) is 0.644. The van der Waals surface area contributed by atoms with E-state index in [0.717, 1.165) is 0 Å². The fourth-order valence-electron chi connectivity index (χ4n) is 0.691. The zero-order valence-electron chi connectivity index (χ0n) is 6.16. The summed E-state index contributed by atoms with van der Waals surface area (Å²) in [6, 6.07) is 0. The van der Waals surface area contributed by atoms with Crippen LogP contribution in [0.2, 0.25) is 0 Å². The summed E-state index contributed by atoms with van der Waals surface area (Å²) in [5.41, 5.74) is -1.23. The molecule has 2 N–H and O–H groups in total. The Bertz CT molecular complexity index is 143. The van der Waals surface area contributed by atoms with Crippen molar-refractivity contribution in [2.24, 2.45) is 5.92 Å². The average molecular weight is 144 g/mol. The monoisotopic (exact) mass is 144 g/mol. The first-order chi connectivity index (χ1) is 4.39. The summed E-state index contributed by atoms with van der Waals surface area (Å²) >= 11 is 0. The van der Waals surface area contributed by atoms with Gasteiger partial charge in [-0.1, -0.05) is 6.08 Å². The van der Waals surface area contributed by atoms with Crippen molar-refractivity contribution >= 4 is 5.97 Å². The van der Waals surface area contributed by atoms with Crippen molar-refractivity contribution in [3.05, 3.63) is 12.7 Å². The highest BCUT2D eigenvalue weighted by molar-refractivity contribution is 5.73. The second kappa shape index (κ2) is 2.84. The van der Waals surface area contributed by atoms with Gasteiger partial charge in [-0.25, -0.2) is 0 Å². The summed E-state index contributed by atoms with van der Waals surface area (Å²) in [6.07, 6.45) is 1.22. The van der Waals surface area contributed by atoms with Crippen molar-refractivity contribution in [1.82, 2.24) is 0 Å². The minimum Gasteiger partial charge on any atom is -0.481 e. The van der Waals surface area contributed by atoms with Crippen LogP contribution in [0.4, 0.5) is 0 Å². The van der Waals surface area contributed by atoms with Crippen LogP contribution in [0.15, 0.2) is 12.7 Å². The number of carboxylic acids is 1. The number of hydrogen-bond acceptors (Lipinski definition) is 2. The lowest BCUT2D eigenvalue weighted by atomic mass is 9.91. The zero-order chi connectivity index (χ0) is 8.36. The van der Waals surface area contributed by atoms with Gasteiger partial charge >= 0.3 is 5.97 Å². The second-order valence-corrected chi connectivity index (χ2v) is 2.71. The van der Waals surface area contributed by atoms with Crippen molar-refractivity contribution in [3.8, 4) is 0 Å². The first-order valence-corrected chi connectivity index (χ1v) is 2.97. The summed E-state index contributed by atoms with van der Waals surface area (Å²) in [7, 11) is 0. The van der Waals surface area contributed by atoms with Gasteiger partial charge < -0.3 is 10.2 Å². The Morgan fingerprint density at radius 3 is 2.10 bits per heavy atom. The summed E-state index contributed by atoms with van der Waals surface area (Å²) in [5.74, 6) is -1.95. The molecule has 0 aliphatic heterocycles. The van der Waals surface area contributed by atoms with E-state index in [1.807, 2.05) is 0 Å². The lowest BCUT2D eigenvalue weighted by molar-refractivity contribution is -0.146. The van der Waals surface area contributed by atoms with Crippen LogP contribution in [0.3, 0.4) is 0 Å². The van der Waals surface area contributed by atoms with Gasteiger partial charge in [0.25, 0.3) is 0 Å². The van der Waals surface area contributed by atoms with Gasteiger partial charge in [-0.3, -0.25) is 4.79 Å². The van der Waals surface area contributed by atoms with Gasteiger partial charge in [-0.15, -0.1) is 6.58 Å². The molecule has 0 spiro atoms. The van der Waals surface area contributed by atoms with Gasteiger partial charge in [-0.2, -0.15) is 0 Å². The van der Waals surface area contributed by atoms with E-state index >= 15 is 0 Å². The molecule has 1 atom stereocenters. The Balaban J connectivity index is 4.36. The van der Waals surface area contributed by atoms with E-state index in [0.29, 0.717) is 0 Å². The molecule has 0 heterocycles. The highest BCUT2D eigenvalue weighted by atomic mass is 16.4. The number of rotatable bonds is 3. The lowest BCUT2D eigenvalue weighted by Gasteiger charge is -2.22. The maximum atomic E-state index is 10.3. The third kappa shape index (κ3) is 2.19. The van der Waals surface area contributed by atoms with Gasteiger partial charge in [-0.05, 0) is 13.8 Å². The molecule has 0 rings (SSSR count). The smallest absolute Gasteiger partial charge is 0.313 e. The molecular weight excluding hydrogens is 132 g/mol. The summed E-state index contributed by atoms with van der Waals surface area (Å²) in [5, 5.41) is 17.7. The molecule has 0 fully saturated rings. The maximum absolute atomic E-state index is 10.3. The normalized spacial score (nSPS) is 14.3. The quantitative estimate of drug-likeness (QED) is 0.571. The fourth-order valence-corrected chi connectivity index (χ4v) is 0.691. The second-order valence-electron chi connectivity index (χ2n) is 2.71. The van der Waals surface area contributed by atoms with Gasteiger partial charge in [0.2, 0.25) is 0 Å². The molecule has 0 aromatic carbocycles. The molecule has 0 unspecified atom stereocenters. The number of hydrogen-bond donors (Lipinski definition) is 2. The molecule has 0 aromatic heterocycles. The number of carboxylic acid groups (broad SMARTS) is 1. The molecule has 58 valence electrons. The van der Waals surface area contributed by atoms with Crippen LogP contribution in [0.1, 0.15) is 13.8 Å². The Kier molecular flexibility index (Phi) is 2.60. The minimum absolute atomic E-state index is 0.896. The summed E-state index contributed by atoms with van der Waals surface area (Å²) in [4.78, 5) is 10.3. The van der Waals surface area contributed by atoms with Crippen LogP contribution in [-0.4, -0.2) is 21.8 Å². The minimum atomic E-state index is -1.23. The molecule has 0 aliphatic carbocycles. The molecule has 3 heteroatoms. The van der Waals surface area contributed by atoms with Crippen LogP contribution >= 0.6 is 0 Å². The standard InChI is InChI=1S/C7H12O3/c1-4-5(6(8)9)7(2,3)10/h4-5,10H,1H2,2-3H3,(H,8,9)/t5-/m0/s1. The molecule has 0 aromatic rings. The Labute approximate surface area is 60.0 Å². The van der Waals surface area contributed by atoms with Crippen molar-refractivity contribution in [3.63, 3.8) is 0 Å². The van der Waals surface area contributed by atoms with Crippen LogP contribution in [0.25, 0.3) is 0 Å². The number of aliphatic carboxylic acids is 1. The van der Waals surface area contributed by atoms with Crippen molar-refractivity contribution in [2.45, 2.75) is 19.4 Å². The van der Waals surface area contributed by atoms with E-state index in [2.05, 4.69) is 6.58 Å². The molecule has 0 amide bonds. The van der Waals surface area contributed by atoms with E-state index in [1.54, 1.807) is 0 Å². The Hall–Kier alpha value is -0.830. The van der Waals surface area contributed by atoms with Gasteiger partial charge in [0.05, 0.1) is 5.60 Å². The highest BCUT2D eigenvalue weighted by Crippen LogP contribution is 2.16. The molecule has 0 saturated carbocycles. The van der Waals surface area contributed by atoms with Crippen molar-refractivity contribution in [1.29, 1.82) is 0 Å². The largest absolute Gasteiger partial charge is 0.481 e. The fraction of sp³-hybridized carbons (Fsp3) is 0.571. The third-order valence-corrected chi connectivity index (χ3v) is 1.26. The maximum Gasteiger partial charge on any atom is 0.313 e. The van der Waals surface area contributed by atoms with Crippen molar-refractivity contribution in [2.75, 3.05) is 0 Å². The van der Waals surface area contributed by atoms with E-state index in [4.69, 9.17) is 5.11 Å². The predicted molar refractivity (Wildman–Crippen MR) is 37.6 cm³/mol. The van der Waals surface area contributed by atoms with Gasteiger partial charge in [0.1, 0.15) is 5.92 Å². The summed E-state index contributed by atoms with van der Waals surface area (Å²) in [6.45, 7) is 6.18. The molecule has 0 bridgehead atoms. The first-order valence-electron chi connectivity index (χ1n) is 2.97. The van der Waals surface area contributed by atoms with E-state index in [-0.39, 0.29) is 0 Å². The topological polar surface area (TPSA) is 57.5 Å². The third-order valence-electron chi connectivity index (χ3n) is 1.26. The van der Waals surface area contributed by atoms with E-state index < -0.39 is 17.5 Å². The molecule has 0 aliphatic rings. The Morgan fingerprint density at radius 1 is 1.70 bits per heavy atom. The van der Waals surface area contributed by atoms with Gasteiger partial charge in [0.15, 0.2) is 0 Å². The Morgan fingerprint density at radius 2 is 2.10 bits per heavy atom. The van der Waals surface area contributed by atoms with Crippen LogP contribution in [-0.2, 0) is 4.79 Å². The molecule has 0 saturated heterocycles. The van der Waals surface area contributed by atoms with Crippen molar-refractivity contribution < 1.29 is 15.0 Å². The van der Waals surface area contributed by atoms with E-state index in [9.17, 15) is 9.90 Å². The molecule has 3 nitrogen and oxygen atoms in total. The SMILES string of the molecule is C=C[C@@H](C(=O)O)C(C)(C)O. The van der Waals surface area contributed by atoms with Crippen LogP contribution in [0, 0.1) is 5.92 Å². The molecule has 10 heavy (non-hydrogen) atoms. The zero-order valence-corrected chi connectivity index (χ0v) is 6.16. The number of carbonyl (C=O) groups is 1. The average Bonchev–Trinajstić information content (AvgIpc) is 1.60. The first kappa shape index (κ1) is 9.17.